The Morgan fingerprint density at radius 2 is 1.86 bits per heavy atom. The van der Waals surface area contributed by atoms with Gasteiger partial charge < -0.3 is 9.52 Å². The molecule has 0 aliphatic carbocycles. The van der Waals surface area contributed by atoms with Crippen LogP contribution in [-0.2, 0) is 0 Å². The molecule has 4 heteroatoms. The van der Waals surface area contributed by atoms with Crippen LogP contribution in [0.15, 0.2) is 70.2 Å². The summed E-state index contributed by atoms with van der Waals surface area (Å²) in [6, 6.07) is 14.4. The molecule has 0 saturated carbocycles. The number of benzene rings is 2. The zero-order valence-electron chi connectivity index (χ0n) is 11.5. The minimum atomic E-state index is -0.202. The van der Waals surface area contributed by atoms with Crippen molar-refractivity contribution >= 4 is 21.7 Å². The van der Waals surface area contributed by atoms with Crippen molar-refractivity contribution in [3.63, 3.8) is 0 Å². The average Bonchev–Trinajstić information content (AvgIpc) is 2.56. The van der Waals surface area contributed by atoms with Crippen molar-refractivity contribution in [1.82, 2.24) is 4.98 Å². The number of aromatic nitrogens is 1. The van der Waals surface area contributed by atoms with Crippen molar-refractivity contribution in [2.75, 3.05) is 0 Å². The van der Waals surface area contributed by atoms with Gasteiger partial charge in [-0.05, 0) is 29.0 Å². The van der Waals surface area contributed by atoms with Gasteiger partial charge in [0.25, 0.3) is 0 Å². The van der Waals surface area contributed by atoms with Crippen molar-refractivity contribution in [1.29, 1.82) is 0 Å². The van der Waals surface area contributed by atoms with Crippen LogP contribution in [0, 0.1) is 0 Å². The Labute approximate surface area is 125 Å². The highest BCUT2D eigenvalue weighted by atomic mass is 16.3. The number of hydrogen-bond donors (Lipinski definition) is 1. The fourth-order valence-corrected chi connectivity index (χ4v) is 2.66. The Balaban J connectivity index is 2.16. The molecule has 4 rings (SSSR count). The molecule has 0 bridgehead atoms. The van der Waals surface area contributed by atoms with Crippen LogP contribution in [-0.4, -0.2) is 10.1 Å². The second kappa shape index (κ2) is 4.70. The summed E-state index contributed by atoms with van der Waals surface area (Å²) in [7, 11) is 0. The van der Waals surface area contributed by atoms with Gasteiger partial charge in [0, 0.05) is 6.20 Å². The van der Waals surface area contributed by atoms with Crippen molar-refractivity contribution in [3.05, 3.63) is 71.2 Å². The second-order valence-electron chi connectivity index (χ2n) is 5.01. The quantitative estimate of drug-likeness (QED) is 0.542. The first-order valence-corrected chi connectivity index (χ1v) is 6.83. The van der Waals surface area contributed by atoms with Crippen LogP contribution >= 0.6 is 0 Å². The lowest BCUT2D eigenvalue weighted by Crippen LogP contribution is -2.06. The van der Waals surface area contributed by atoms with E-state index in [2.05, 4.69) is 4.98 Å². The standard InChI is InChI=1S/C18H11NO3/c20-14-6-3-9-19-17(14)13-10-22-15-8-7-11-4-1-2-5-12(11)16(15)18(13)21/h1-10,20H. The zero-order chi connectivity index (χ0) is 15.1. The normalized spacial score (nSPS) is 11.1. The largest absolute Gasteiger partial charge is 0.506 e. The van der Waals surface area contributed by atoms with Crippen LogP contribution in [0.2, 0.25) is 0 Å². The molecule has 0 saturated heterocycles. The van der Waals surface area contributed by atoms with Crippen molar-refractivity contribution < 1.29 is 9.52 Å². The highest BCUT2D eigenvalue weighted by Gasteiger charge is 2.15. The summed E-state index contributed by atoms with van der Waals surface area (Å²) in [5.41, 5.74) is 0.794. The molecule has 0 aliphatic heterocycles. The number of aromatic hydroxyl groups is 1. The van der Waals surface area contributed by atoms with Gasteiger partial charge >= 0.3 is 0 Å². The molecule has 0 atom stereocenters. The lowest BCUT2D eigenvalue weighted by atomic mass is 10.0. The molecule has 0 fully saturated rings. The predicted molar refractivity (Wildman–Crippen MR) is 84.9 cm³/mol. The Bertz CT molecular complexity index is 1070. The molecule has 1 N–H and O–H groups in total. The third-order valence-electron chi connectivity index (χ3n) is 3.71. The van der Waals surface area contributed by atoms with Crippen molar-refractivity contribution in [2.24, 2.45) is 0 Å². The van der Waals surface area contributed by atoms with Crippen molar-refractivity contribution in [2.45, 2.75) is 0 Å². The van der Waals surface area contributed by atoms with Gasteiger partial charge in [0.15, 0.2) is 0 Å². The van der Waals surface area contributed by atoms with E-state index in [0.29, 0.717) is 11.0 Å². The Morgan fingerprint density at radius 1 is 1.00 bits per heavy atom. The average molecular weight is 289 g/mol. The highest BCUT2D eigenvalue weighted by molar-refractivity contribution is 6.06. The Morgan fingerprint density at radius 3 is 2.73 bits per heavy atom. The van der Waals surface area contributed by atoms with E-state index in [1.807, 2.05) is 30.3 Å². The first-order chi connectivity index (χ1) is 10.8. The fourth-order valence-electron chi connectivity index (χ4n) is 2.66. The maximum atomic E-state index is 12.9. The maximum absolute atomic E-state index is 12.9. The van der Waals surface area contributed by atoms with Crippen molar-refractivity contribution in [3.8, 4) is 17.0 Å². The van der Waals surface area contributed by atoms with Gasteiger partial charge in [0.1, 0.15) is 23.3 Å². The first-order valence-electron chi connectivity index (χ1n) is 6.83. The van der Waals surface area contributed by atoms with E-state index in [-0.39, 0.29) is 22.4 Å². The minimum Gasteiger partial charge on any atom is -0.506 e. The number of fused-ring (bicyclic) bond motifs is 3. The molecule has 0 amide bonds. The fraction of sp³-hybridized carbons (Fsp3) is 0. The number of rotatable bonds is 1. The topological polar surface area (TPSA) is 63.3 Å². The molecule has 0 aliphatic rings. The first kappa shape index (κ1) is 12.6. The molecule has 0 spiro atoms. The van der Waals surface area contributed by atoms with Crippen LogP contribution in [0.3, 0.4) is 0 Å². The lowest BCUT2D eigenvalue weighted by Gasteiger charge is -2.06. The van der Waals surface area contributed by atoms with Gasteiger partial charge in [-0.25, -0.2) is 0 Å². The van der Waals surface area contributed by atoms with Gasteiger partial charge in [-0.1, -0.05) is 30.3 Å². The molecule has 4 aromatic rings. The highest BCUT2D eigenvalue weighted by Crippen LogP contribution is 2.28. The molecular weight excluding hydrogens is 278 g/mol. The number of nitrogens with zero attached hydrogens (tertiary/aromatic N) is 1. The van der Waals surface area contributed by atoms with Crippen LogP contribution in [0.4, 0.5) is 0 Å². The minimum absolute atomic E-state index is 0.0469. The summed E-state index contributed by atoms with van der Waals surface area (Å²) in [5, 5.41) is 12.2. The monoisotopic (exact) mass is 289 g/mol. The molecule has 2 heterocycles. The summed E-state index contributed by atoms with van der Waals surface area (Å²) in [6.07, 6.45) is 2.88. The number of pyridine rings is 1. The SMILES string of the molecule is O=c1c(-c2ncccc2O)coc2ccc3ccccc3c12. The second-order valence-corrected chi connectivity index (χ2v) is 5.01. The van der Waals surface area contributed by atoms with Crippen LogP contribution in [0.5, 0.6) is 5.75 Å². The summed E-state index contributed by atoms with van der Waals surface area (Å²) in [4.78, 5) is 17.0. The van der Waals surface area contributed by atoms with Gasteiger partial charge in [0.05, 0.1) is 10.9 Å². The third kappa shape index (κ3) is 1.78. The molecule has 0 unspecified atom stereocenters. The van der Waals surface area contributed by atoms with E-state index in [1.165, 1.54) is 18.5 Å². The van der Waals surface area contributed by atoms with Gasteiger partial charge in [-0.15, -0.1) is 0 Å². The summed E-state index contributed by atoms with van der Waals surface area (Å²) >= 11 is 0. The van der Waals surface area contributed by atoms with E-state index in [9.17, 15) is 9.90 Å². The summed E-state index contributed by atoms with van der Waals surface area (Å²) in [6.45, 7) is 0. The molecular formula is C18H11NO3. The summed E-state index contributed by atoms with van der Waals surface area (Å²) in [5.74, 6) is -0.0469. The van der Waals surface area contributed by atoms with Crippen LogP contribution < -0.4 is 5.43 Å². The molecule has 0 radical (unpaired) electrons. The number of hydrogen-bond acceptors (Lipinski definition) is 4. The van der Waals surface area contributed by atoms with Crippen LogP contribution in [0.1, 0.15) is 0 Å². The van der Waals surface area contributed by atoms with Gasteiger partial charge in [0.2, 0.25) is 5.43 Å². The molecule has 4 nitrogen and oxygen atoms in total. The third-order valence-corrected chi connectivity index (χ3v) is 3.71. The Hall–Kier alpha value is -3.14. The van der Waals surface area contributed by atoms with Gasteiger partial charge in [-0.2, -0.15) is 0 Å². The zero-order valence-corrected chi connectivity index (χ0v) is 11.5. The van der Waals surface area contributed by atoms with Gasteiger partial charge in [-0.3, -0.25) is 9.78 Å². The van der Waals surface area contributed by atoms with Crippen LogP contribution in [0.25, 0.3) is 33.0 Å². The molecule has 2 aromatic heterocycles. The van der Waals surface area contributed by atoms with E-state index in [4.69, 9.17) is 4.42 Å². The Kier molecular flexibility index (Phi) is 2.69. The van der Waals surface area contributed by atoms with E-state index in [1.54, 1.807) is 12.1 Å². The van der Waals surface area contributed by atoms with E-state index in [0.717, 1.165) is 10.8 Å². The molecule has 106 valence electrons. The smallest absolute Gasteiger partial charge is 0.202 e. The lowest BCUT2D eigenvalue weighted by molar-refractivity contribution is 0.474. The molecule has 22 heavy (non-hydrogen) atoms. The van der Waals surface area contributed by atoms with E-state index >= 15 is 0 Å². The maximum Gasteiger partial charge on any atom is 0.202 e. The molecule has 2 aromatic carbocycles. The predicted octanol–water partition coefficient (Wildman–Crippen LogP) is 3.71. The van der Waals surface area contributed by atoms with E-state index < -0.39 is 0 Å². The summed E-state index contributed by atoms with van der Waals surface area (Å²) < 4.78 is 5.59.